The van der Waals surface area contributed by atoms with Crippen LogP contribution in [0.2, 0.25) is 0 Å². The molecule has 0 radical (unpaired) electrons. The monoisotopic (exact) mass is 445 g/mol. The Balaban J connectivity index is 1.29. The zero-order chi connectivity index (χ0) is 18.8. The average Bonchev–Trinajstić information content (AvgIpc) is 3.28. The molecule has 0 bridgehead atoms. The highest BCUT2D eigenvalue weighted by atomic mass is 79.9. The molecule has 2 N–H and O–H groups in total. The Bertz CT molecular complexity index is 944. The molecule has 140 valence electrons. The Morgan fingerprint density at radius 1 is 1.22 bits per heavy atom. The number of hydrogen-bond acceptors (Lipinski definition) is 3. The standard InChI is InChI=1S/C20H20BrN3O2S/c21-16-3-1-2-13(10-16)12-22-18(25)14-4-7-24(8-5-14)20(26)17-11-15-6-9-27-19(15)23-17/h1-3,6,9-11,14,23H,4-5,7-8,12H2,(H,22,25). The van der Waals surface area contributed by atoms with Crippen molar-refractivity contribution >= 4 is 49.3 Å². The molecule has 1 aromatic carbocycles. The molecule has 0 spiro atoms. The van der Waals surface area contributed by atoms with Crippen LogP contribution in [-0.4, -0.2) is 34.8 Å². The molecule has 0 aliphatic carbocycles. The second kappa shape index (κ2) is 7.86. The Morgan fingerprint density at radius 3 is 2.78 bits per heavy atom. The fourth-order valence-electron chi connectivity index (χ4n) is 3.46. The molecular weight excluding hydrogens is 426 g/mol. The maximum absolute atomic E-state index is 12.7. The van der Waals surface area contributed by atoms with Gasteiger partial charge in [0.05, 0.1) is 0 Å². The summed E-state index contributed by atoms with van der Waals surface area (Å²) in [6.07, 6.45) is 1.40. The minimum Gasteiger partial charge on any atom is -0.352 e. The van der Waals surface area contributed by atoms with Gasteiger partial charge in [0.25, 0.3) is 5.91 Å². The second-order valence-electron chi connectivity index (χ2n) is 6.80. The van der Waals surface area contributed by atoms with Crippen LogP contribution in [0.5, 0.6) is 0 Å². The third-order valence-electron chi connectivity index (χ3n) is 4.98. The lowest BCUT2D eigenvalue weighted by Gasteiger charge is -2.31. The summed E-state index contributed by atoms with van der Waals surface area (Å²) in [5.41, 5.74) is 1.70. The molecule has 1 aliphatic rings. The van der Waals surface area contributed by atoms with E-state index in [1.165, 1.54) is 0 Å². The quantitative estimate of drug-likeness (QED) is 0.632. The van der Waals surface area contributed by atoms with Crippen LogP contribution in [0.15, 0.2) is 46.3 Å². The lowest BCUT2D eigenvalue weighted by atomic mass is 9.95. The number of nitrogens with one attached hydrogen (secondary N) is 2. The third kappa shape index (κ3) is 4.09. The number of piperidine rings is 1. The summed E-state index contributed by atoms with van der Waals surface area (Å²) in [5.74, 6) is 0.0576. The summed E-state index contributed by atoms with van der Waals surface area (Å²) in [5, 5.41) is 6.10. The minimum atomic E-state index is -0.0339. The number of rotatable bonds is 4. The Kier molecular flexibility index (Phi) is 5.31. The first-order chi connectivity index (χ1) is 13.1. The van der Waals surface area contributed by atoms with Crippen molar-refractivity contribution in [3.8, 4) is 0 Å². The Hall–Kier alpha value is -2.12. The van der Waals surface area contributed by atoms with Crippen LogP contribution in [0.4, 0.5) is 0 Å². The molecule has 5 nitrogen and oxygen atoms in total. The van der Waals surface area contributed by atoms with E-state index in [-0.39, 0.29) is 17.7 Å². The first-order valence-corrected chi connectivity index (χ1v) is 10.6. The third-order valence-corrected chi connectivity index (χ3v) is 6.32. The lowest BCUT2D eigenvalue weighted by Crippen LogP contribution is -2.43. The zero-order valence-corrected chi connectivity index (χ0v) is 17.1. The number of likely N-dealkylation sites (tertiary alicyclic amines) is 1. The van der Waals surface area contributed by atoms with Gasteiger partial charge in [0.2, 0.25) is 5.91 Å². The van der Waals surface area contributed by atoms with Crippen molar-refractivity contribution in [2.24, 2.45) is 5.92 Å². The summed E-state index contributed by atoms with van der Waals surface area (Å²) in [6, 6.07) is 11.8. The van der Waals surface area contributed by atoms with Crippen LogP contribution in [0.3, 0.4) is 0 Å². The topological polar surface area (TPSA) is 65.2 Å². The van der Waals surface area contributed by atoms with Gasteiger partial charge in [0, 0.05) is 35.4 Å². The van der Waals surface area contributed by atoms with Crippen molar-refractivity contribution in [3.63, 3.8) is 0 Å². The molecule has 2 amide bonds. The number of nitrogens with zero attached hydrogens (tertiary/aromatic N) is 1. The van der Waals surface area contributed by atoms with Gasteiger partial charge in [0.15, 0.2) is 0 Å². The van der Waals surface area contributed by atoms with Crippen molar-refractivity contribution < 1.29 is 9.59 Å². The molecule has 27 heavy (non-hydrogen) atoms. The summed E-state index contributed by atoms with van der Waals surface area (Å²) in [4.78, 5) is 31.2. The molecule has 2 aromatic heterocycles. The van der Waals surface area contributed by atoms with Crippen LogP contribution < -0.4 is 5.32 Å². The maximum Gasteiger partial charge on any atom is 0.270 e. The fourth-order valence-corrected chi connectivity index (χ4v) is 4.69. The molecule has 7 heteroatoms. The van der Waals surface area contributed by atoms with E-state index in [1.54, 1.807) is 11.3 Å². The van der Waals surface area contributed by atoms with Crippen LogP contribution in [-0.2, 0) is 11.3 Å². The number of thiophene rings is 1. The van der Waals surface area contributed by atoms with Gasteiger partial charge in [-0.25, -0.2) is 0 Å². The maximum atomic E-state index is 12.7. The molecule has 3 aromatic rings. The largest absolute Gasteiger partial charge is 0.352 e. The van der Waals surface area contributed by atoms with E-state index in [9.17, 15) is 9.59 Å². The van der Waals surface area contributed by atoms with E-state index in [0.717, 1.165) is 20.3 Å². The van der Waals surface area contributed by atoms with Crippen LogP contribution in [0.1, 0.15) is 28.9 Å². The van der Waals surface area contributed by atoms with E-state index >= 15 is 0 Å². The predicted octanol–water partition coefficient (Wildman–Crippen LogP) is 4.16. The number of benzene rings is 1. The predicted molar refractivity (Wildman–Crippen MR) is 111 cm³/mol. The average molecular weight is 446 g/mol. The minimum absolute atomic E-state index is 0.0198. The van der Waals surface area contributed by atoms with Crippen molar-refractivity contribution in [1.82, 2.24) is 15.2 Å². The number of fused-ring (bicyclic) bond motifs is 1. The lowest BCUT2D eigenvalue weighted by molar-refractivity contribution is -0.126. The normalized spacial score (nSPS) is 15.2. The highest BCUT2D eigenvalue weighted by Gasteiger charge is 2.28. The summed E-state index contributed by atoms with van der Waals surface area (Å²) >= 11 is 5.04. The smallest absolute Gasteiger partial charge is 0.270 e. The number of aromatic amines is 1. The van der Waals surface area contributed by atoms with E-state index in [2.05, 4.69) is 26.2 Å². The zero-order valence-electron chi connectivity index (χ0n) is 14.7. The van der Waals surface area contributed by atoms with E-state index < -0.39 is 0 Å². The van der Waals surface area contributed by atoms with Gasteiger partial charge < -0.3 is 15.2 Å². The molecule has 1 fully saturated rings. The fraction of sp³-hybridized carbons (Fsp3) is 0.300. The number of hydrogen-bond donors (Lipinski definition) is 2. The van der Waals surface area contributed by atoms with Gasteiger partial charge >= 0.3 is 0 Å². The SMILES string of the molecule is O=C(NCc1cccc(Br)c1)C1CCN(C(=O)c2cc3ccsc3[nH]2)CC1. The second-order valence-corrected chi connectivity index (χ2v) is 8.63. The summed E-state index contributed by atoms with van der Waals surface area (Å²) in [6.45, 7) is 1.75. The molecule has 0 saturated carbocycles. The van der Waals surface area contributed by atoms with Crippen molar-refractivity contribution in [1.29, 1.82) is 0 Å². The molecule has 1 saturated heterocycles. The van der Waals surface area contributed by atoms with Gasteiger partial charge in [-0.2, -0.15) is 0 Å². The van der Waals surface area contributed by atoms with Gasteiger partial charge in [-0.1, -0.05) is 28.1 Å². The molecule has 1 aliphatic heterocycles. The molecule has 0 unspecified atom stereocenters. The molecule has 4 rings (SSSR count). The van der Waals surface area contributed by atoms with Crippen molar-refractivity contribution in [2.75, 3.05) is 13.1 Å². The van der Waals surface area contributed by atoms with Gasteiger partial charge in [-0.05, 0) is 48.1 Å². The number of carbonyl (C=O) groups is 2. The van der Waals surface area contributed by atoms with Gasteiger partial charge in [-0.3, -0.25) is 9.59 Å². The van der Waals surface area contributed by atoms with Crippen LogP contribution >= 0.6 is 27.3 Å². The van der Waals surface area contributed by atoms with E-state index in [1.807, 2.05) is 46.7 Å². The highest BCUT2D eigenvalue weighted by molar-refractivity contribution is 9.10. The highest BCUT2D eigenvalue weighted by Crippen LogP contribution is 2.24. The molecule has 3 heterocycles. The number of halogens is 1. The molecule has 0 atom stereocenters. The van der Waals surface area contributed by atoms with E-state index in [0.29, 0.717) is 38.2 Å². The summed E-state index contributed by atoms with van der Waals surface area (Å²) < 4.78 is 1.00. The van der Waals surface area contributed by atoms with Crippen molar-refractivity contribution in [3.05, 3.63) is 57.5 Å². The Labute approximate surface area is 169 Å². The number of carbonyl (C=O) groups excluding carboxylic acids is 2. The Morgan fingerprint density at radius 2 is 2.04 bits per heavy atom. The van der Waals surface area contributed by atoms with E-state index in [4.69, 9.17) is 0 Å². The van der Waals surface area contributed by atoms with Crippen LogP contribution in [0.25, 0.3) is 10.2 Å². The first kappa shape index (κ1) is 18.3. The summed E-state index contributed by atoms with van der Waals surface area (Å²) in [7, 11) is 0. The number of aromatic nitrogens is 1. The van der Waals surface area contributed by atoms with Gasteiger partial charge in [0.1, 0.15) is 10.5 Å². The first-order valence-electron chi connectivity index (χ1n) is 8.98. The molecular formula is C20H20BrN3O2S. The van der Waals surface area contributed by atoms with Crippen molar-refractivity contribution in [2.45, 2.75) is 19.4 Å². The van der Waals surface area contributed by atoms with Gasteiger partial charge in [-0.15, -0.1) is 11.3 Å². The number of H-pyrrole nitrogens is 1. The van der Waals surface area contributed by atoms with Crippen LogP contribution in [0, 0.1) is 5.92 Å². The number of amides is 2.